The van der Waals surface area contributed by atoms with Gasteiger partial charge in [-0.05, 0) is 12.1 Å². The van der Waals surface area contributed by atoms with Crippen molar-refractivity contribution >= 4 is 5.78 Å². The highest BCUT2D eigenvalue weighted by atomic mass is 16.1. The van der Waals surface area contributed by atoms with E-state index >= 15 is 0 Å². The van der Waals surface area contributed by atoms with E-state index in [0.717, 1.165) is 26.2 Å². The Morgan fingerprint density at radius 2 is 2.27 bits per heavy atom. The molecule has 0 amide bonds. The van der Waals surface area contributed by atoms with Crippen LogP contribution in [0.15, 0.2) is 24.5 Å². The number of carbonyl (C=O) groups excluding carboxylic acids is 1. The van der Waals surface area contributed by atoms with Gasteiger partial charge in [-0.2, -0.15) is 0 Å². The third-order valence-electron chi connectivity index (χ3n) is 2.56. The summed E-state index contributed by atoms with van der Waals surface area (Å²) in [7, 11) is 0. The van der Waals surface area contributed by atoms with E-state index in [9.17, 15) is 4.79 Å². The number of nitrogens with one attached hydrogen (secondary N) is 1. The first-order valence-electron chi connectivity index (χ1n) is 5.22. The van der Waals surface area contributed by atoms with E-state index in [1.54, 1.807) is 18.5 Å². The summed E-state index contributed by atoms with van der Waals surface area (Å²) in [6, 6.07) is 3.61. The molecule has 0 radical (unpaired) electrons. The van der Waals surface area contributed by atoms with Crippen molar-refractivity contribution in [3.05, 3.63) is 30.1 Å². The van der Waals surface area contributed by atoms with Gasteiger partial charge >= 0.3 is 0 Å². The number of Topliss-reactive ketones (excluding diaryl/α,β-unsaturated/α-hetero) is 1. The van der Waals surface area contributed by atoms with Crippen LogP contribution in [0.1, 0.15) is 10.4 Å². The molecule has 1 aliphatic heterocycles. The number of ketones is 1. The van der Waals surface area contributed by atoms with E-state index in [1.165, 1.54) is 0 Å². The Labute approximate surface area is 89.3 Å². The van der Waals surface area contributed by atoms with E-state index in [-0.39, 0.29) is 5.78 Å². The molecule has 15 heavy (non-hydrogen) atoms. The molecule has 0 unspecified atom stereocenters. The maximum absolute atomic E-state index is 11.8. The number of piperazine rings is 1. The highest BCUT2D eigenvalue weighted by molar-refractivity contribution is 5.97. The minimum atomic E-state index is 0.157. The fraction of sp³-hybridized carbons (Fsp3) is 0.455. The van der Waals surface area contributed by atoms with Crippen molar-refractivity contribution in [2.24, 2.45) is 0 Å². The van der Waals surface area contributed by atoms with E-state index < -0.39 is 0 Å². The molecule has 80 valence electrons. The smallest absolute Gasteiger partial charge is 0.178 e. The molecule has 4 heteroatoms. The number of rotatable bonds is 3. The molecular weight excluding hydrogens is 190 g/mol. The number of hydrogen-bond acceptors (Lipinski definition) is 4. The number of pyridine rings is 1. The Hall–Kier alpha value is -1.26. The molecule has 0 bridgehead atoms. The van der Waals surface area contributed by atoms with E-state index in [4.69, 9.17) is 0 Å². The number of hydrogen-bond donors (Lipinski definition) is 1. The van der Waals surface area contributed by atoms with Crippen molar-refractivity contribution in [1.82, 2.24) is 15.2 Å². The molecule has 1 saturated heterocycles. The summed E-state index contributed by atoms with van der Waals surface area (Å²) in [5.41, 5.74) is 0.705. The quantitative estimate of drug-likeness (QED) is 0.714. The lowest BCUT2D eigenvalue weighted by Crippen LogP contribution is -2.45. The van der Waals surface area contributed by atoms with Gasteiger partial charge in [0.1, 0.15) is 0 Å². The van der Waals surface area contributed by atoms with Gasteiger partial charge in [0, 0.05) is 44.1 Å². The number of aromatic nitrogens is 1. The van der Waals surface area contributed by atoms with Crippen LogP contribution in [0.5, 0.6) is 0 Å². The molecule has 0 spiro atoms. The molecule has 0 aliphatic carbocycles. The first-order valence-corrected chi connectivity index (χ1v) is 5.22. The lowest BCUT2D eigenvalue weighted by Gasteiger charge is -2.26. The van der Waals surface area contributed by atoms with Crippen LogP contribution in [-0.4, -0.2) is 48.4 Å². The van der Waals surface area contributed by atoms with Gasteiger partial charge in [0.05, 0.1) is 6.54 Å². The second-order valence-electron chi connectivity index (χ2n) is 3.69. The van der Waals surface area contributed by atoms with Gasteiger partial charge < -0.3 is 5.32 Å². The topological polar surface area (TPSA) is 45.2 Å². The number of nitrogens with zero attached hydrogens (tertiary/aromatic N) is 2. The predicted octanol–water partition coefficient (Wildman–Crippen LogP) is 0.169. The molecule has 1 fully saturated rings. The minimum Gasteiger partial charge on any atom is -0.314 e. The lowest BCUT2D eigenvalue weighted by molar-refractivity contribution is 0.0921. The average molecular weight is 205 g/mol. The van der Waals surface area contributed by atoms with Crippen molar-refractivity contribution in [2.75, 3.05) is 32.7 Å². The third-order valence-corrected chi connectivity index (χ3v) is 2.56. The van der Waals surface area contributed by atoms with Crippen molar-refractivity contribution in [1.29, 1.82) is 0 Å². The fourth-order valence-corrected chi connectivity index (χ4v) is 1.69. The first kappa shape index (κ1) is 10.3. The highest BCUT2D eigenvalue weighted by Crippen LogP contribution is 2.00. The van der Waals surface area contributed by atoms with Crippen LogP contribution in [-0.2, 0) is 0 Å². The summed E-state index contributed by atoms with van der Waals surface area (Å²) in [6.07, 6.45) is 3.31. The summed E-state index contributed by atoms with van der Waals surface area (Å²) in [5.74, 6) is 0.157. The van der Waals surface area contributed by atoms with Crippen LogP contribution in [0.25, 0.3) is 0 Å². The molecule has 1 N–H and O–H groups in total. The van der Waals surface area contributed by atoms with Gasteiger partial charge in [-0.1, -0.05) is 0 Å². The molecule has 0 saturated carbocycles. The van der Waals surface area contributed by atoms with Gasteiger partial charge in [-0.3, -0.25) is 14.7 Å². The van der Waals surface area contributed by atoms with Crippen LogP contribution in [0.4, 0.5) is 0 Å². The van der Waals surface area contributed by atoms with Crippen molar-refractivity contribution in [3.63, 3.8) is 0 Å². The fourth-order valence-electron chi connectivity index (χ4n) is 1.69. The molecular formula is C11H15N3O. The van der Waals surface area contributed by atoms with Crippen molar-refractivity contribution in [3.8, 4) is 0 Å². The SMILES string of the molecule is O=C(CN1CCNCC1)c1cccnc1. The van der Waals surface area contributed by atoms with Crippen LogP contribution in [0.2, 0.25) is 0 Å². The standard InChI is InChI=1S/C11H15N3O/c15-11(10-2-1-3-13-8-10)9-14-6-4-12-5-7-14/h1-3,8,12H,4-7,9H2. The summed E-state index contributed by atoms with van der Waals surface area (Å²) < 4.78 is 0. The van der Waals surface area contributed by atoms with Crippen LogP contribution >= 0.6 is 0 Å². The summed E-state index contributed by atoms with van der Waals surface area (Å²) in [4.78, 5) is 17.9. The van der Waals surface area contributed by atoms with Gasteiger partial charge in [0.2, 0.25) is 0 Å². The van der Waals surface area contributed by atoms with Gasteiger partial charge in [-0.25, -0.2) is 0 Å². The largest absolute Gasteiger partial charge is 0.314 e. The van der Waals surface area contributed by atoms with E-state index in [0.29, 0.717) is 12.1 Å². The number of carbonyl (C=O) groups is 1. The molecule has 2 heterocycles. The Morgan fingerprint density at radius 3 is 2.93 bits per heavy atom. The Balaban J connectivity index is 1.91. The molecule has 0 atom stereocenters. The zero-order valence-corrected chi connectivity index (χ0v) is 8.65. The monoisotopic (exact) mass is 205 g/mol. The third kappa shape index (κ3) is 2.84. The Morgan fingerprint density at radius 1 is 1.47 bits per heavy atom. The van der Waals surface area contributed by atoms with Crippen LogP contribution < -0.4 is 5.32 Å². The van der Waals surface area contributed by atoms with Crippen LogP contribution in [0, 0.1) is 0 Å². The van der Waals surface area contributed by atoms with Gasteiger partial charge in [0.15, 0.2) is 5.78 Å². The zero-order chi connectivity index (χ0) is 10.5. The Kier molecular flexibility index (Phi) is 3.42. The van der Waals surface area contributed by atoms with E-state index in [1.807, 2.05) is 6.07 Å². The van der Waals surface area contributed by atoms with Gasteiger partial charge in [-0.15, -0.1) is 0 Å². The predicted molar refractivity (Wildman–Crippen MR) is 57.9 cm³/mol. The maximum atomic E-state index is 11.8. The maximum Gasteiger partial charge on any atom is 0.178 e. The second-order valence-corrected chi connectivity index (χ2v) is 3.69. The minimum absolute atomic E-state index is 0.157. The van der Waals surface area contributed by atoms with Crippen molar-refractivity contribution in [2.45, 2.75) is 0 Å². The summed E-state index contributed by atoms with van der Waals surface area (Å²) in [6.45, 7) is 4.35. The molecule has 2 rings (SSSR count). The molecule has 1 aromatic rings. The first-order chi connectivity index (χ1) is 7.36. The summed E-state index contributed by atoms with van der Waals surface area (Å²) in [5, 5.41) is 3.26. The Bertz CT molecular complexity index is 320. The van der Waals surface area contributed by atoms with Crippen LogP contribution in [0.3, 0.4) is 0 Å². The average Bonchev–Trinajstić information content (AvgIpc) is 2.31. The van der Waals surface area contributed by atoms with E-state index in [2.05, 4.69) is 15.2 Å². The normalized spacial score (nSPS) is 17.6. The second kappa shape index (κ2) is 5.00. The lowest BCUT2D eigenvalue weighted by atomic mass is 10.2. The summed E-state index contributed by atoms with van der Waals surface area (Å²) >= 11 is 0. The highest BCUT2D eigenvalue weighted by Gasteiger charge is 2.14. The molecule has 1 aromatic heterocycles. The molecule has 1 aliphatic rings. The molecule has 4 nitrogen and oxygen atoms in total. The van der Waals surface area contributed by atoms with Crippen molar-refractivity contribution < 1.29 is 4.79 Å². The molecule has 0 aromatic carbocycles. The van der Waals surface area contributed by atoms with Gasteiger partial charge in [0.25, 0.3) is 0 Å². The zero-order valence-electron chi connectivity index (χ0n) is 8.65.